The van der Waals surface area contributed by atoms with Gasteiger partial charge < -0.3 is 25.2 Å². The maximum absolute atomic E-state index is 10.6. The van der Waals surface area contributed by atoms with E-state index in [4.69, 9.17) is 9.47 Å². The van der Waals surface area contributed by atoms with E-state index in [0.29, 0.717) is 36.1 Å². The van der Waals surface area contributed by atoms with Gasteiger partial charge in [-0.1, -0.05) is 24.3 Å². The Morgan fingerprint density at radius 1 is 1.11 bits per heavy atom. The van der Waals surface area contributed by atoms with Gasteiger partial charge in [-0.2, -0.15) is 0 Å². The highest BCUT2D eigenvalue weighted by atomic mass is 127. The number of aliphatic imine (C=N–C) groups is 1. The summed E-state index contributed by atoms with van der Waals surface area (Å²) in [4.78, 5) is 4.61. The Labute approximate surface area is 184 Å². The molecule has 2 rings (SSSR count). The third-order valence-corrected chi connectivity index (χ3v) is 4.27. The summed E-state index contributed by atoms with van der Waals surface area (Å²) in [6.07, 6.45) is -0.766. The van der Waals surface area contributed by atoms with Gasteiger partial charge in [0, 0.05) is 18.7 Å². The van der Waals surface area contributed by atoms with Gasteiger partial charge in [0.05, 0.1) is 26.9 Å². The summed E-state index contributed by atoms with van der Waals surface area (Å²) in [6.45, 7) is 5.68. The van der Waals surface area contributed by atoms with Crippen LogP contribution in [-0.4, -0.2) is 38.4 Å². The van der Waals surface area contributed by atoms with Crippen molar-refractivity contribution in [1.29, 1.82) is 0 Å². The molecule has 0 aliphatic heterocycles. The number of ether oxygens (including phenoxy) is 2. The van der Waals surface area contributed by atoms with E-state index >= 15 is 0 Å². The summed E-state index contributed by atoms with van der Waals surface area (Å²) in [6, 6.07) is 13.5. The third-order valence-electron chi connectivity index (χ3n) is 4.27. The Bertz CT molecular complexity index is 768. The highest BCUT2D eigenvalue weighted by Gasteiger charge is 2.15. The summed E-state index contributed by atoms with van der Waals surface area (Å²) >= 11 is 0. The number of nitrogens with one attached hydrogen (secondary N) is 2. The van der Waals surface area contributed by atoms with E-state index in [-0.39, 0.29) is 24.0 Å². The van der Waals surface area contributed by atoms with Crippen LogP contribution in [0.4, 0.5) is 0 Å². The lowest BCUT2D eigenvalue weighted by Gasteiger charge is -2.18. The molecule has 0 bridgehead atoms. The summed E-state index contributed by atoms with van der Waals surface area (Å²) in [5.74, 6) is 1.94. The highest BCUT2D eigenvalue weighted by molar-refractivity contribution is 14.0. The van der Waals surface area contributed by atoms with Crippen molar-refractivity contribution in [3.63, 3.8) is 0 Å². The van der Waals surface area contributed by atoms with Crippen LogP contribution >= 0.6 is 24.0 Å². The Hall–Kier alpha value is -2.00. The Kier molecular flexibility index (Phi) is 10.7. The molecular formula is C21H30IN3O3. The lowest BCUT2D eigenvalue weighted by molar-refractivity contribution is 0.176. The van der Waals surface area contributed by atoms with Crippen LogP contribution in [0.5, 0.6) is 11.5 Å². The smallest absolute Gasteiger partial charge is 0.191 e. The highest BCUT2D eigenvalue weighted by Crippen LogP contribution is 2.29. The third kappa shape index (κ3) is 6.87. The average Bonchev–Trinajstić information content (AvgIpc) is 2.70. The van der Waals surface area contributed by atoms with Crippen molar-refractivity contribution in [2.24, 2.45) is 4.99 Å². The maximum atomic E-state index is 10.6. The second-order valence-electron chi connectivity index (χ2n) is 6.13. The minimum absolute atomic E-state index is 0. The van der Waals surface area contributed by atoms with Gasteiger partial charge >= 0.3 is 0 Å². The lowest BCUT2D eigenvalue weighted by atomic mass is 10.1. The van der Waals surface area contributed by atoms with Gasteiger partial charge in [-0.05, 0) is 43.2 Å². The number of hydrogen-bond donors (Lipinski definition) is 3. The molecule has 6 nitrogen and oxygen atoms in total. The molecule has 0 saturated carbocycles. The van der Waals surface area contributed by atoms with Crippen molar-refractivity contribution >= 4 is 29.9 Å². The number of rotatable bonds is 8. The number of aryl methyl sites for hydroxylation is 1. The second kappa shape index (κ2) is 12.5. The van der Waals surface area contributed by atoms with Crippen LogP contribution in [0.25, 0.3) is 0 Å². The maximum Gasteiger partial charge on any atom is 0.191 e. The van der Waals surface area contributed by atoms with E-state index in [1.54, 1.807) is 32.4 Å². The van der Waals surface area contributed by atoms with E-state index in [1.165, 1.54) is 11.1 Å². The molecule has 0 aliphatic rings. The van der Waals surface area contributed by atoms with E-state index in [0.717, 1.165) is 6.54 Å². The molecule has 0 amide bonds. The van der Waals surface area contributed by atoms with E-state index in [2.05, 4.69) is 34.7 Å². The number of methoxy groups -OCH3 is 2. The number of benzene rings is 2. The average molecular weight is 499 g/mol. The molecule has 0 heterocycles. The first-order valence-corrected chi connectivity index (χ1v) is 9.05. The van der Waals surface area contributed by atoms with Crippen molar-refractivity contribution < 1.29 is 14.6 Å². The first-order valence-electron chi connectivity index (χ1n) is 9.05. The summed E-state index contributed by atoms with van der Waals surface area (Å²) in [7, 11) is 3.18. The van der Waals surface area contributed by atoms with E-state index in [1.807, 2.05) is 19.1 Å². The number of hydrogen-bond acceptors (Lipinski definition) is 4. The van der Waals surface area contributed by atoms with E-state index in [9.17, 15) is 5.11 Å². The van der Waals surface area contributed by atoms with Gasteiger partial charge in [-0.3, -0.25) is 0 Å². The zero-order chi connectivity index (χ0) is 19.6. The summed E-state index contributed by atoms with van der Waals surface area (Å²) in [5.41, 5.74) is 3.04. The first kappa shape index (κ1) is 24.0. The fourth-order valence-electron chi connectivity index (χ4n) is 2.70. The molecule has 0 saturated heterocycles. The molecule has 0 aromatic heterocycles. The standard InChI is InChI=1S/C21H29N3O3.HI/c1-5-22-21(23-13-16-9-7-6-8-15(16)2)24-14-19(25)18-12-17(26-3)10-11-20(18)27-4;/h6-12,19,25H,5,13-14H2,1-4H3,(H2,22,23,24);1H. The van der Waals surface area contributed by atoms with Crippen molar-refractivity contribution in [2.75, 3.05) is 27.3 Å². The van der Waals surface area contributed by atoms with Crippen LogP contribution < -0.4 is 20.1 Å². The molecule has 7 heteroatoms. The molecule has 2 aromatic carbocycles. The Morgan fingerprint density at radius 3 is 2.50 bits per heavy atom. The minimum Gasteiger partial charge on any atom is -0.497 e. The zero-order valence-electron chi connectivity index (χ0n) is 16.9. The molecule has 1 atom stereocenters. The van der Waals surface area contributed by atoms with Crippen molar-refractivity contribution in [2.45, 2.75) is 26.5 Å². The van der Waals surface area contributed by atoms with Gasteiger partial charge in [0.2, 0.25) is 0 Å². The van der Waals surface area contributed by atoms with Crippen LogP contribution in [0.2, 0.25) is 0 Å². The molecule has 0 radical (unpaired) electrons. The van der Waals surface area contributed by atoms with Crippen molar-refractivity contribution in [3.8, 4) is 11.5 Å². The van der Waals surface area contributed by atoms with Crippen LogP contribution in [0.1, 0.15) is 29.7 Å². The molecular weight excluding hydrogens is 469 g/mol. The first-order chi connectivity index (χ1) is 13.1. The van der Waals surface area contributed by atoms with E-state index < -0.39 is 6.10 Å². The van der Waals surface area contributed by atoms with Crippen LogP contribution in [0.15, 0.2) is 47.5 Å². The lowest BCUT2D eigenvalue weighted by Crippen LogP contribution is -2.39. The monoisotopic (exact) mass is 499 g/mol. The minimum atomic E-state index is -0.766. The molecule has 1 unspecified atom stereocenters. The predicted molar refractivity (Wildman–Crippen MR) is 124 cm³/mol. The number of halogens is 1. The second-order valence-corrected chi connectivity index (χ2v) is 6.13. The van der Waals surface area contributed by atoms with Gasteiger partial charge in [0.1, 0.15) is 11.5 Å². The van der Waals surface area contributed by atoms with Crippen LogP contribution in [0.3, 0.4) is 0 Å². The molecule has 2 aromatic rings. The number of nitrogens with zero attached hydrogens (tertiary/aromatic N) is 1. The fraction of sp³-hybridized carbons (Fsp3) is 0.381. The summed E-state index contributed by atoms with van der Waals surface area (Å²) in [5, 5.41) is 17.0. The molecule has 3 N–H and O–H groups in total. The zero-order valence-corrected chi connectivity index (χ0v) is 19.2. The van der Waals surface area contributed by atoms with Crippen molar-refractivity contribution in [3.05, 3.63) is 59.2 Å². The molecule has 0 fully saturated rings. The number of aliphatic hydroxyl groups is 1. The molecule has 0 spiro atoms. The van der Waals surface area contributed by atoms with Gasteiger partial charge in [-0.25, -0.2) is 4.99 Å². The fourth-order valence-corrected chi connectivity index (χ4v) is 2.70. The van der Waals surface area contributed by atoms with Crippen LogP contribution in [0, 0.1) is 6.92 Å². The quantitative estimate of drug-likeness (QED) is 0.295. The predicted octanol–water partition coefficient (Wildman–Crippen LogP) is 3.42. The summed E-state index contributed by atoms with van der Waals surface area (Å²) < 4.78 is 10.6. The van der Waals surface area contributed by atoms with Crippen molar-refractivity contribution in [1.82, 2.24) is 10.6 Å². The van der Waals surface area contributed by atoms with Gasteiger partial charge in [-0.15, -0.1) is 24.0 Å². The largest absolute Gasteiger partial charge is 0.497 e. The number of aliphatic hydroxyl groups excluding tert-OH is 1. The topological polar surface area (TPSA) is 75.1 Å². The normalized spacial score (nSPS) is 12.0. The number of guanidine groups is 1. The SMILES string of the molecule is CCNC(=NCc1ccccc1C)NCC(O)c1cc(OC)ccc1OC.I. The molecule has 28 heavy (non-hydrogen) atoms. The molecule has 154 valence electrons. The van der Waals surface area contributed by atoms with Gasteiger partial charge in [0.15, 0.2) is 5.96 Å². The Balaban J connectivity index is 0.00000392. The Morgan fingerprint density at radius 2 is 1.86 bits per heavy atom. The molecule has 0 aliphatic carbocycles. The van der Waals surface area contributed by atoms with Crippen LogP contribution in [-0.2, 0) is 6.54 Å². The van der Waals surface area contributed by atoms with Gasteiger partial charge in [0.25, 0.3) is 0 Å².